The van der Waals surface area contributed by atoms with Crippen LogP contribution in [0, 0.1) is 11.7 Å². The highest BCUT2D eigenvalue weighted by Crippen LogP contribution is 2.36. The van der Waals surface area contributed by atoms with E-state index in [2.05, 4.69) is 15.9 Å². The monoisotopic (exact) mass is 339 g/mol. The molecule has 1 aromatic rings. The van der Waals surface area contributed by atoms with Crippen molar-refractivity contribution in [3.05, 3.63) is 29.6 Å². The van der Waals surface area contributed by atoms with Gasteiger partial charge in [0.1, 0.15) is 5.82 Å². The Hall–Kier alpha value is -0.780. The largest absolute Gasteiger partial charge is 0.393 e. The predicted molar refractivity (Wildman–Crippen MR) is 70.0 cm³/mol. The van der Waals surface area contributed by atoms with E-state index in [1.54, 1.807) is 11.0 Å². The summed E-state index contributed by atoms with van der Waals surface area (Å²) in [4.78, 5) is 1.64. The van der Waals surface area contributed by atoms with Gasteiger partial charge in [0.25, 0.3) is 0 Å². The molecule has 0 bridgehead atoms. The van der Waals surface area contributed by atoms with Crippen LogP contribution >= 0.6 is 15.9 Å². The van der Waals surface area contributed by atoms with Crippen LogP contribution in [0.5, 0.6) is 0 Å². The third-order valence-corrected chi connectivity index (χ3v) is 4.01. The zero-order valence-electron chi connectivity index (χ0n) is 10.2. The van der Waals surface area contributed by atoms with Crippen LogP contribution in [-0.4, -0.2) is 19.3 Å². The van der Waals surface area contributed by atoms with Gasteiger partial charge >= 0.3 is 6.18 Å². The molecule has 19 heavy (non-hydrogen) atoms. The molecule has 106 valence electrons. The van der Waals surface area contributed by atoms with Crippen LogP contribution in [-0.2, 0) is 5.33 Å². The lowest BCUT2D eigenvalue weighted by atomic mass is 9.96. The molecule has 0 aliphatic carbocycles. The number of benzene rings is 1. The number of alkyl halides is 4. The van der Waals surface area contributed by atoms with Crippen LogP contribution in [0.1, 0.15) is 18.4 Å². The number of nitrogens with zero attached hydrogens (tertiary/aromatic N) is 1. The first-order valence-electron chi connectivity index (χ1n) is 6.08. The van der Waals surface area contributed by atoms with Crippen LogP contribution < -0.4 is 4.90 Å². The first-order chi connectivity index (χ1) is 8.93. The van der Waals surface area contributed by atoms with Gasteiger partial charge in [0.2, 0.25) is 0 Å². The van der Waals surface area contributed by atoms with Gasteiger partial charge in [0, 0.05) is 29.7 Å². The highest BCUT2D eigenvalue weighted by atomic mass is 79.9. The Balaban J connectivity index is 2.25. The Morgan fingerprint density at radius 2 is 2.05 bits per heavy atom. The molecule has 1 nitrogen and oxygen atoms in total. The lowest BCUT2D eigenvalue weighted by Crippen LogP contribution is -2.42. The van der Waals surface area contributed by atoms with Gasteiger partial charge in [-0.1, -0.05) is 22.0 Å². The molecule has 0 amide bonds. The lowest BCUT2D eigenvalue weighted by molar-refractivity contribution is -0.176. The minimum Gasteiger partial charge on any atom is -0.371 e. The van der Waals surface area contributed by atoms with Gasteiger partial charge in [-0.05, 0) is 25.0 Å². The van der Waals surface area contributed by atoms with Crippen molar-refractivity contribution in [1.29, 1.82) is 0 Å². The van der Waals surface area contributed by atoms with Crippen molar-refractivity contribution >= 4 is 21.6 Å². The van der Waals surface area contributed by atoms with Gasteiger partial charge in [0.05, 0.1) is 5.92 Å². The van der Waals surface area contributed by atoms with E-state index >= 15 is 0 Å². The van der Waals surface area contributed by atoms with Gasteiger partial charge in [-0.25, -0.2) is 4.39 Å². The molecular weight excluding hydrogens is 326 g/mol. The van der Waals surface area contributed by atoms with Crippen molar-refractivity contribution in [3.8, 4) is 0 Å². The first kappa shape index (κ1) is 14.6. The quantitative estimate of drug-likeness (QED) is 0.566. The maximum Gasteiger partial charge on any atom is 0.393 e. The number of rotatable bonds is 2. The maximum absolute atomic E-state index is 13.7. The Labute approximate surface area is 117 Å². The summed E-state index contributed by atoms with van der Waals surface area (Å²) in [6.07, 6.45) is -3.55. The fourth-order valence-electron chi connectivity index (χ4n) is 2.44. The smallest absolute Gasteiger partial charge is 0.371 e. The van der Waals surface area contributed by atoms with E-state index in [1.807, 2.05) is 0 Å². The number of piperidine rings is 1. The number of hydrogen-bond acceptors (Lipinski definition) is 1. The molecule has 0 N–H and O–H groups in total. The second kappa shape index (κ2) is 5.69. The minimum absolute atomic E-state index is 0.0903. The molecule has 1 atom stereocenters. The molecule has 1 aromatic carbocycles. The molecule has 1 unspecified atom stereocenters. The minimum atomic E-state index is -4.18. The van der Waals surface area contributed by atoms with E-state index in [9.17, 15) is 17.6 Å². The van der Waals surface area contributed by atoms with Crippen molar-refractivity contribution in [2.75, 3.05) is 18.0 Å². The summed E-state index contributed by atoms with van der Waals surface area (Å²) in [5, 5.41) is 0.294. The van der Waals surface area contributed by atoms with E-state index in [-0.39, 0.29) is 18.8 Å². The van der Waals surface area contributed by atoms with Crippen LogP contribution in [0.25, 0.3) is 0 Å². The Morgan fingerprint density at radius 3 is 2.68 bits per heavy atom. The number of halogens is 5. The summed E-state index contributed by atoms with van der Waals surface area (Å²) < 4.78 is 52.0. The predicted octanol–water partition coefficient (Wildman–Crippen LogP) is 4.50. The Morgan fingerprint density at radius 1 is 1.32 bits per heavy atom. The van der Waals surface area contributed by atoms with Crippen molar-refractivity contribution in [3.63, 3.8) is 0 Å². The summed E-state index contributed by atoms with van der Waals surface area (Å²) >= 11 is 3.19. The molecule has 0 radical (unpaired) electrons. The molecule has 1 saturated heterocycles. The maximum atomic E-state index is 13.7. The van der Waals surface area contributed by atoms with Gasteiger partial charge in [-0.15, -0.1) is 0 Å². The van der Waals surface area contributed by atoms with Crippen LogP contribution in [0.3, 0.4) is 0 Å². The van der Waals surface area contributed by atoms with Gasteiger partial charge in [-0.3, -0.25) is 0 Å². The average Bonchev–Trinajstić information content (AvgIpc) is 2.37. The molecule has 1 heterocycles. The SMILES string of the molecule is Fc1cccc(N2CCCC(C(F)(F)F)C2)c1CBr. The van der Waals surface area contributed by atoms with E-state index in [0.29, 0.717) is 29.5 Å². The zero-order valence-corrected chi connectivity index (χ0v) is 11.8. The van der Waals surface area contributed by atoms with E-state index in [4.69, 9.17) is 0 Å². The first-order valence-corrected chi connectivity index (χ1v) is 7.20. The molecular formula is C13H14BrF4N. The summed E-state index contributed by atoms with van der Waals surface area (Å²) in [7, 11) is 0. The zero-order chi connectivity index (χ0) is 14.0. The van der Waals surface area contributed by atoms with Crippen molar-refractivity contribution in [2.24, 2.45) is 5.92 Å². The average molecular weight is 340 g/mol. The van der Waals surface area contributed by atoms with Crippen molar-refractivity contribution in [2.45, 2.75) is 24.3 Å². The van der Waals surface area contributed by atoms with E-state index in [1.165, 1.54) is 12.1 Å². The summed E-state index contributed by atoms with van der Waals surface area (Å²) in [6, 6.07) is 4.54. The van der Waals surface area contributed by atoms with Gasteiger partial charge < -0.3 is 4.90 Å². The molecule has 2 rings (SSSR count). The molecule has 0 aromatic heterocycles. The fourth-order valence-corrected chi connectivity index (χ4v) is 2.99. The molecule has 6 heteroatoms. The summed E-state index contributed by atoms with van der Waals surface area (Å²) in [5.74, 6) is -1.71. The highest BCUT2D eigenvalue weighted by molar-refractivity contribution is 9.08. The van der Waals surface area contributed by atoms with Crippen molar-refractivity contribution < 1.29 is 17.6 Å². The summed E-state index contributed by atoms with van der Waals surface area (Å²) in [6.45, 7) is 0.447. The standard InChI is InChI=1S/C13H14BrF4N/c14-7-10-11(15)4-1-5-12(10)19-6-2-3-9(8-19)13(16,17)18/h1,4-5,9H,2-3,6-8H2. The lowest BCUT2D eigenvalue weighted by Gasteiger charge is -2.36. The van der Waals surface area contributed by atoms with Crippen molar-refractivity contribution in [1.82, 2.24) is 0 Å². The van der Waals surface area contributed by atoms with E-state index < -0.39 is 12.1 Å². The fraction of sp³-hybridized carbons (Fsp3) is 0.538. The second-order valence-corrected chi connectivity index (χ2v) is 5.26. The topological polar surface area (TPSA) is 3.24 Å². The molecule has 0 spiro atoms. The molecule has 0 saturated carbocycles. The van der Waals surface area contributed by atoms with Crippen LogP contribution in [0.4, 0.5) is 23.2 Å². The molecule has 1 fully saturated rings. The second-order valence-electron chi connectivity index (χ2n) is 4.70. The number of anilines is 1. The van der Waals surface area contributed by atoms with Gasteiger partial charge in [-0.2, -0.15) is 13.2 Å². The van der Waals surface area contributed by atoms with Crippen LogP contribution in [0.2, 0.25) is 0 Å². The third kappa shape index (κ3) is 3.22. The Bertz CT molecular complexity index is 447. The molecule has 1 aliphatic rings. The highest BCUT2D eigenvalue weighted by Gasteiger charge is 2.42. The van der Waals surface area contributed by atoms with Crippen LogP contribution in [0.15, 0.2) is 18.2 Å². The van der Waals surface area contributed by atoms with Gasteiger partial charge in [0.15, 0.2) is 0 Å². The third-order valence-electron chi connectivity index (χ3n) is 3.45. The molecule has 1 aliphatic heterocycles. The normalized spacial score (nSPS) is 20.7. The summed E-state index contributed by atoms with van der Waals surface area (Å²) in [5.41, 5.74) is 0.983. The van der Waals surface area contributed by atoms with E-state index in [0.717, 1.165) is 0 Å². The number of hydrogen-bond donors (Lipinski definition) is 0. The Kier molecular flexibility index (Phi) is 4.38.